The molecular formula is C25H30N2O5. The molecule has 1 N–H and O–H groups in total. The normalized spacial score (nSPS) is 13.0. The molecule has 0 aliphatic carbocycles. The number of carboxylic acids is 1. The highest BCUT2D eigenvalue weighted by molar-refractivity contribution is 5.88. The highest BCUT2D eigenvalue weighted by atomic mass is 16.5. The second-order valence-electron chi connectivity index (χ2n) is 8.98. The number of methoxy groups -OCH3 is 2. The minimum absolute atomic E-state index is 0.259. The Balaban J connectivity index is 2.29. The number of hydrogen-bond donors (Lipinski definition) is 1. The zero-order valence-corrected chi connectivity index (χ0v) is 19.7. The molecule has 1 aromatic heterocycles. The second kappa shape index (κ2) is 8.36. The van der Waals surface area contributed by atoms with E-state index in [1.54, 1.807) is 18.9 Å². The van der Waals surface area contributed by atoms with Crippen LogP contribution in [0.1, 0.15) is 62.5 Å². The fourth-order valence-corrected chi connectivity index (χ4v) is 3.54. The molecule has 0 bridgehead atoms. The van der Waals surface area contributed by atoms with Crippen molar-refractivity contribution in [2.75, 3.05) is 19.2 Å². The average molecular weight is 439 g/mol. The van der Waals surface area contributed by atoms with E-state index in [0.29, 0.717) is 18.0 Å². The van der Waals surface area contributed by atoms with Gasteiger partial charge in [-0.1, -0.05) is 18.8 Å². The first-order chi connectivity index (χ1) is 14.9. The molecule has 0 spiro atoms. The third-order valence-electron chi connectivity index (χ3n) is 6.12. The van der Waals surface area contributed by atoms with Crippen molar-refractivity contribution in [3.8, 4) is 28.8 Å². The molecule has 0 unspecified atom stereocenters. The molecule has 0 saturated heterocycles. The van der Waals surface area contributed by atoms with E-state index in [1.165, 1.54) is 12.3 Å². The molecule has 1 aliphatic heterocycles. The van der Waals surface area contributed by atoms with Crippen molar-refractivity contribution in [2.45, 2.75) is 58.7 Å². The van der Waals surface area contributed by atoms with E-state index < -0.39 is 17.0 Å². The first-order valence-corrected chi connectivity index (χ1v) is 10.5. The summed E-state index contributed by atoms with van der Waals surface area (Å²) in [5, 5.41) is 11.6. The average Bonchev–Trinajstić information content (AvgIpc) is 2.75. The van der Waals surface area contributed by atoms with Crippen molar-refractivity contribution in [2.24, 2.45) is 0 Å². The lowest BCUT2D eigenvalue weighted by molar-refractivity contribution is 0.0693. The predicted molar refractivity (Wildman–Crippen MR) is 124 cm³/mol. The topological polar surface area (TPSA) is 81.0 Å². The van der Waals surface area contributed by atoms with E-state index in [0.717, 1.165) is 23.1 Å². The number of aromatic nitrogens is 1. The fourth-order valence-electron chi connectivity index (χ4n) is 3.54. The van der Waals surface area contributed by atoms with Crippen molar-refractivity contribution in [3.05, 3.63) is 51.3 Å². The van der Waals surface area contributed by atoms with Crippen LogP contribution in [0.2, 0.25) is 0 Å². The molecule has 7 nitrogen and oxygen atoms in total. The predicted octanol–water partition coefficient (Wildman–Crippen LogP) is 3.64. The first-order valence-electron chi connectivity index (χ1n) is 10.5. The van der Waals surface area contributed by atoms with Crippen molar-refractivity contribution >= 4 is 5.97 Å². The van der Waals surface area contributed by atoms with Crippen LogP contribution in [-0.2, 0) is 11.3 Å². The summed E-state index contributed by atoms with van der Waals surface area (Å²) >= 11 is 0. The number of aromatic carboxylic acids is 1. The van der Waals surface area contributed by atoms with Crippen LogP contribution >= 0.6 is 0 Å². The maximum Gasteiger partial charge on any atom is 0.341 e. The Morgan fingerprint density at radius 1 is 1.19 bits per heavy atom. The van der Waals surface area contributed by atoms with Crippen LogP contribution in [0.25, 0.3) is 11.3 Å². The Labute approximate surface area is 188 Å². The van der Waals surface area contributed by atoms with Gasteiger partial charge in [0.2, 0.25) is 0 Å². The van der Waals surface area contributed by atoms with Crippen molar-refractivity contribution in [1.29, 1.82) is 0 Å². The van der Waals surface area contributed by atoms with Gasteiger partial charge in [-0.3, -0.25) is 9.47 Å². The van der Waals surface area contributed by atoms with Gasteiger partial charge in [0, 0.05) is 24.9 Å². The lowest BCUT2D eigenvalue weighted by Gasteiger charge is -2.45. The van der Waals surface area contributed by atoms with E-state index in [-0.39, 0.29) is 11.1 Å². The van der Waals surface area contributed by atoms with Crippen LogP contribution in [0, 0.1) is 11.8 Å². The molecule has 0 atom stereocenters. The molecule has 3 rings (SSSR count). The maximum absolute atomic E-state index is 12.6. The minimum Gasteiger partial charge on any atom is -0.495 e. The first kappa shape index (κ1) is 23.4. The standard InChI is InChI=1S/C25H30N2O5/c1-8-24(2,3)27-14-17-11-16(9-10-25(4,5)32-7)22(31-6)12-18(17)20-13-21(28)19(23(29)30)15-26(20)27/h11-13,15H,8,14H2,1-7H3,(H,29,30). The van der Waals surface area contributed by atoms with Gasteiger partial charge >= 0.3 is 5.97 Å². The molecule has 7 heteroatoms. The molecule has 32 heavy (non-hydrogen) atoms. The van der Waals surface area contributed by atoms with E-state index in [4.69, 9.17) is 9.47 Å². The third kappa shape index (κ3) is 4.23. The monoisotopic (exact) mass is 438 g/mol. The Hall–Kier alpha value is -3.24. The van der Waals surface area contributed by atoms with Crippen LogP contribution in [0.5, 0.6) is 5.75 Å². The number of pyridine rings is 1. The SMILES string of the molecule is CCC(C)(C)N1Cc2cc(C#CC(C)(C)OC)c(OC)cc2-c2cc(=O)c(C(=O)O)cn21. The maximum atomic E-state index is 12.6. The quantitative estimate of drug-likeness (QED) is 0.718. The number of nitrogens with zero attached hydrogens (tertiary/aromatic N) is 2. The van der Waals surface area contributed by atoms with Gasteiger partial charge in [-0.25, -0.2) is 4.79 Å². The molecule has 2 heterocycles. The lowest BCUT2D eigenvalue weighted by atomic mass is 9.93. The summed E-state index contributed by atoms with van der Waals surface area (Å²) in [4.78, 5) is 24.2. The van der Waals surface area contributed by atoms with Crippen LogP contribution in [-0.4, -0.2) is 41.1 Å². The number of benzene rings is 1. The molecule has 2 aromatic rings. The molecule has 170 valence electrons. The summed E-state index contributed by atoms with van der Waals surface area (Å²) in [5.74, 6) is 5.62. The van der Waals surface area contributed by atoms with E-state index in [9.17, 15) is 14.7 Å². The summed E-state index contributed by atoms with van der Waals surface area (Å²) in [5.41, 5.74) is 1.46. The molecule has 1 aromatic carbocycles. The summed E-state index contributed by atoms with van der Waals surface area (Å²) in [7, 11) is 3.19. The Morgan fingerprint density at radius 3 is 2.44 bits per heavy atom. The van der Waals surface area contributed by atoms with Gasteiger partial charge in [-0.2, -0.15) is 0 Å². The zero-order valence-electron chi connectivity index (χ0n) is 19.7. The Morgan fingerprint density at radius 2 is 1.88 bits per heavy atom. The molecule has 0 radical (unpaired) electrons. The number of ether oxygens (including phenoxy) is 2. The van der Waals surface area contributed by atoms with Crippen molar-refractivity contribution < 1.29 is 19.4 Å². The van der Waals surface area contributed by atoms with E-state index >= 15 is 0 Å². The Bertz CT molecular complexity index is 1180. The van der Waals surface area contributed by atoms with Gasteiger partial charge < -0.3 is 19.6 Å². The molecule has 0 amide bonds. The van der Waals surface area contributed by atoms with Gasteiger partial charge in [0.1, 0.15) is 16.9 Å². The van der Waals surface area contributed by atoms with Crippen molar-refractivity contribution in [3.63, 3.8) is 0 Å². The number of fused-ring (bicyclic) bond motifs is 3. The van der Waals surface area contributed by atoms with Gasteiger partial charge in [0.15, 0.2) is 5.43 Å². The molecular weight excluding hydrogens is 408 g/mol. The Kier molecular flexibility index (Phi) is 6.12. The molecule has 1 aliphatic rings. The number of carboxylic acid groups (broad SMARTS) is 1. The van der Waals surface area contributed by atoms with Gasteiger partial charge in [0.25, 0.3) is 0 Å². The number of carbonyl (C=O) groups is 1. The number of hydrogen-bond acceptors (Lipinski definition) is 5. The highest BCUT2D eigenvalue weighted by Crippen LogP contribution is 2.37. The van der Waals surface area contributed by atoms with E-state index in [1.807, 2.05) is 26.0 Å². The lowest BCUT2D eigenvalue weighted by Crippen LogP contribution is -2.52. The smallest absolute Gasteiger partial charge is 0.341 e. The summed E-state index contributed by atoms with van der Waals surface area (Å²) in [6.45, 7) is 10.6. The van der Waals surface area contributed by atoms with Gasteiger partial charge in [-0.15, -0.1) is 0 Å². The highest BCUT2D eigenvalue weighted by Gasteiger charge is 2.33. The van der Waals surface area contributed by atoms with Gasteiger partial charge in [-0.05, 0) is 51.8 Å². The molecule has 0 saturated carbocycles. The van der Waals surface area contributed by atoms with Crippen LogP contribution < -0.4 is 15.2 Å². The van der Waals surface area contributed by atoms with Crippen LogP contribution in [0.4, 0.5) is 0 Å². The largest absolute Gasteiger partial charge is 0.495 e. The fraction of sp³-hybridized carbons (Fsp3) is 0.440. The summed E-state index contributed by atoms with van der Waals surface area (Å²) < 4.78 is 12.8. The van der Waals surface area contributed by atoms with Crippen LogP contribution in [0.15, 0.2) is 29.2 Å². The minimum atomic E-state index is -1.24. The second-order valence-corrected chi connectivity index (χ2v) is 8.98. The third-order valence-corrected chi connectivity index (χ3v) is 6.12. The van der Waals surface area contributed by atoms with Crippen LogP contribution in [0.3, 0.4) is 0 Å². The van der Waals surface area contributed by atoms with E-state index in [2.05, 4.69) is 37.6 Å². The summed E-state index contributed by atoms with van der Waals surface area (Å²) in [6.07, 6.45) is 2.24. The summed E-state index contributed by atoms with van der Waals surface area (Å²) in [6, 6.07) is 5.23. The van der Waals surface area contributed by atoms with Crippen molar-refractivity contribution in [1.82, 2.24) is 4.68 Å². The molecule has 0 fully saturated rings. The zero-order chi connectivity index (χ0) is 23.8. The van der Waals surface area contributed by atoms with Gasteiger partial charge in [0.05, 0.1) is 30.5 Å². The number of rotatable bonds is 5.